The Labute approximate surface area is 126 Å². The number of amides is 2. The maximum atomic E-state index is 11.7. The van der Waals surface area contributed by atoms with E-state index in [1.165, 1.54) is 0 Å². The summed E-state index contributed by atoms with van der Waals surface area (Å²) in [4.78, 5) is 24.9. The Bertz CT molecular complexity index is 358. The quantitative estimate of drug-likeness (QED) is 0.780. The lowest BCUT2D eigenvalue weighted by Crippen LogP contribution is -2.51. The van der Waals surface area contributed by atoms with Gasteiger partial charge in [0.25, 0.3) is 0 Å². The number of hydrazine groups is 1. The van der Waals surface area contributed by atoms with Crippen LogP contribution in [-0.4, -0.2) is 47.9 Å². The van der Waals surface area contributed by atoms with E-state index >= 15 is 0 Å². The predicted molar refractivity (Wildman–Crippen MR) is 78.7 cm³/mol. The third kappa shape index (κ3) is 7.17. The summed E-state index contributed by atoms with van der Waals surface area (Å²) < 4.78 is 10.3. The fourth-order valence-electron chi connectivity index (χ4n) is 1.95. The van der Waals surface area contributed by atoms with Crippen molar-refractivity contribution in [3.05, 3.63) is 0 Å². The van der Waals surface area contributed by atoms with Crippen LogP contribution in [-0.2, 0) is 9.47 Å². The van der Waals surface area contributed by atoms with Crippen LogP contribution < -0.4 is 10.9 Å². The van der Waals surface area contributed by atoms with Gasteiger partial charge in [0.2, 0.25) is 0 Å². The number of ether oxygens (including phenoxy) is 2. The number of carbonyl (C=O) groups is 2. The monoisotopic (exact) mass is 301 g/mol. The second-order valence-electron chi connectivity index (χ2n) is 6.47. The zero-order valence-corrected chi connectivity index (χ0v) is 13.6. The highest BCUT2D eigenvalue weighted by Crippen LogP contribution is 2.12. The molecule has 0 atom stereocenters. The molecule has 1 rings (SSSR count). The van der Waals surface area contributed by atoms with Crippen LogP contribution in [0.5, 0.6) is 0 Å². The number of nitrogens with zero attached hydrogens (tertiary/aromatic N) is 1. The Morgan fingerprint density at radius 3 is 2.24 bits per heavy atom. The van der Waals surface area contributed by atoms with E-state index in [4.69, 9.17) is 9.47 Å². The van der Waals surface area contributed by atoms with Crippen LogP contribution in [0.4, 0.5) is 9.59 Å². The molecule has 0 aromatic heterocycles. The largest absolute Gasteiger partial charge is 0.447 e. The van der Waals surface area contributed by atoms with Gasteiger partial charge in [-0.25, -0.2) is 15.0 Å². The van der Waals surface area contributed by atoms with E-state index < -0.39 is 11.7 Å². The molecule has 2 amide bonds. The number of carbonyl (C=O) groups excluding carboxylic acids is 2. The molecule has 7 nitrogen and oxygen atoms in total. The van der Waals surface area contributed by atoms with E-state index in [0.717, 1.165) is 12.8 Å². The van der Waals surface area contributed by atoms with Gasteiger partial charge >= 0.3 is 12.2 Å². The van der Waals surface area contributed by atoms with Gasteiger partial charge in [-0.2, -0.15) is 0 Å². The molecule has 21 heavy (non-hydrogen) atoms. The van der Waals surface area contributed by atoms with Crippen LogP contribution in [0.25, 0.3) is 0 Å². The SMILES string of the molecule is CC(C)OC(=O)N1CCC(NNC(=O)OC(C)(C)C)CC1. The predicted octanol–water partition coefficient (Wildman–Crippen LogP) is 2.03. The maximum absolute atomic E-state index is 11.7. The zero-order valence-electron chi connectivity index (χ0n) is 13.6. The standard InChI is InChI=1S/C14H27N3O4/c1-10(2)20-13(19)17-8-6-11(7-9-17)15-16-12(18)21-14(3,4)5/h10-11,15H,6-9H2,1-5H3,(H,16,18). The number of hydrogen-bond donors (Lipinski definition) is 2. The smallest absolute Gasteiger partial charge is 0.422 e. The van der Waals surface area contributed by atoms with Gasteiger partial charge in [-0.1, -0.05) is 0 Å². The molecule has 122 valence electrons. The van der Waals surface area contributed by atoms with Crippen molar-refractivity contribution in [2.75, 3.05) is 13.1 Å². The van der Waals surface area contributed by atoms with Crippen LogP contribution in [0.3, 0.4) is 0 Å². The number of hydrogen-bond acceptors (Lipinski definition) is 5. The number of piperidine rings is 1. The van der Waals surface area contributed by atoms with Crippen molar-refractivity contribution in [3.63, 3.8) is 0 Å². The normalized spacial score (nSPS) is 16.8. The van der Waals surface area contributed by atoms with E-state index in [2.05, 4.69) is 10.9 Å². The zero-order chi connectivity index (χ0) is 16.0. The molecule has 1 aliphatic rings. The Balaban J connectivity index is 2.25. The molecule has 0 bridgehead atoms. The van der Waals surface area contributed by atoms with Gasteiger partial charge in [-0.05, 0) is 47.5 Å². The lowest BCUT2D eigenvalue weighted by Gasteiger charge is -2.32. The summed E-state index contributed by atoms with van der Waals surface area (Å²) in [6.45, 7) is 10.3. The van der Waals surface area contributed by atoms with Crippen molar-refractivity contribution in [3.8, 4) is 0 Å². The lowest BCUT2D eigenvalue weighted by atomic mass is 10.1. The molecule has 0 spiro atoms. The van der Waals surface area contributed by atoms with Crippen LogP contribution in [0.1, 0.15) is 47.5 Å². The fourth-order valence-corrected chi connectivity index (χ4v) is 1.95. The summed E-state index contributed by atoms with van der Waals surface area (Å²) in [6, 6.07) is 0.126. The molecule has 1 saturated heterocycles. The number of nitrogens with one attached hydrogen (secondary N) is 2. The molecular formula is C14H27N3O4. The van der Waals surface area contributed by atoms with Gasteiger partial charge in [0.05, 0.1) is 6.10 Å². The first-order valence-corrected chi connectivity index (χ1v) is 7.37. The molecule has 0 saturated carbocycles. The van der Waals surface area contributed by atoms with E-state index in [9.17, 15) is 9.59 Å². The summed E-state index contributed by atoms with van der Waals surface area (Å²) in [5.74, 6) is 0. The first kappa shape index (κ1) is 17.6. The van der Waals surface area contributed by atoms with E-state index in [1.807, 2.05) is 34.6 Å². The molecule has 7 heteroatoms. The molecule has 1 heterocycles. The first-order chi connectivity index (χ1) is 9.67. The van der Waals surface area contributed by atoms with E-state index in [-0.39, 0.29) is 18.2 Å². The van der Waals surface area contributed by atoms with Crippen LogP contribution in [0.2, 0.25) is 0 Å². The van der Waals surface area contributed by atoms with Crippen molar-refractivity contribution in [2.24, 2.45) is 0 Å². The van der Waals surface area contributed by atoms with E-state index in [1.54, 1.807) is 4.90 Å². The van der Waals surface area contributed by atoms with Crippen molar-refractivity contribution < 1.29 is 19.1 Å². The summed E-state index contributed by atoms with van der Waals surface area (Å²) in [5.41, 5.74) is 4.96. The molecule has 0 aliphatic carbocycles. The number of rotatable bonds is 3. The fraction of sp³-hybridized carbons (Fsp3) is 0.857. The Hall–Kier alpha value is -1.50. The number of likely N-dealkylation sites (tertiary alicyclic amines) is 1. The van der Waals surface area contributed by atoms with Gasteiger partial charge in [0, 0.05) is 19.1 Å². The Morgan fingerprint density at radius 2 is 1.76 bits per heavy atom. The third-order valence-electron chi connectivity index (χ3n) is 2.87. The molecule has 0 unspecified atom stereocenters. The molecule has 0 aromatic rings. The van der Waals surface area contributed by atoms with Crippen LogP contribution in [0, 0.1) is 0 Å². The average molecular weight is 301 g/mol. The lowest BCUT2D eigenvalue weighted by molar-refractivity contribution is 0.0456. The van der Waals surface area contributed by atoms with Crippen molar-refractivity contribution in [1.82, 2.24) is 15.8 Å². The minimum Gasteiger partial charge on any atom is -0.447 e. The minimum atomic E-state index is -0.518. The van der Waals surface area contributed by atoms with Crippen molar-refractivity contribution >= 4 is 12.2 Å². The first-order valence-electron chi connectivity index (χ1n) is 7.37. The second kappa shape index (κ2) is 7.49. The Kier molecular flexibility index (Phi) is 6.26. The highest BCUT2D eigenvalue weighted by Gasteiger charge is 2.25. The van der Waals surface area contributed by atoms with Gasteiger partial charge in [0.1, 0.15) is 5.60 Å². The van der Waals surface area contributed by atoms with Gasteiger partial charge in [0.15, 0.2) is 0 Å². The molecule has 0 radical (unpaired) electrons. The maximum Gasteiger partial charge on any atom is 0.422 e. The van der Waals surface area contributed by atoms with Crippen LogP contribution >= 0.6 is 0 Å². The highest BCUT2D eigenvalue weighted by atomic mass is 16.6. The minimum absolute atomic E-state index is 0.109. The highest BCUT2D eigenvalue weighted by molar-refractivity contribution is 5.68. The molecule has 1 aliphatic heterocycles. The molecule has 0 aromatic carbocycles. The molecule has 1 fully saturated rings. The summed E-state index contributed by atoms with van der Waals surface area (Å²) in [6.07, 6.45) is 0.626. The third-order valence-corrected chi connectivity index (χ3v) is 2.87. The average Bonchev–Trinajstić information content (AvgIpc) is 2.34. The van der Waals surface area contributed by atoms with Gasteiger partial charge < -0.3 is 14.4 Å². The van der Waals surface area contributed by atoms with E-state index in [0.29, 0.717) is 13.1 Å². The van der Waals surface area contributed by atoms with Crippen molar-refractivity contribution in [1.29, 1.82) is 0 Å². The van der Waals surface area contributed by atoms with Gasteiger partial charge in [-0.15, -0.1) is 0 Å². The van der Waals surface area contributed by atoms with Crippen molar-refractivity contribution in [2.45, 2.75) is 65.2 Å². The summed E-state index contributed by atoms with van der Waals surface area (Å²) >= 11 is 0. The van der Waals surface area contributed by atoms with Gasteiger partial charge in [-0.3, -0.25) is 5.43 Å². The van der Waals surface area contributed by atoms with Crippen LogP contribution in [0.15, 0.2) is 0 Å². The Morgan fingerprint density at radius 1 is 1.19 bits per heavy atom. The summed E-state index contributed by atoms with van der Waals surface area (Å²) in [7, 11) is 0. The summed E-state index contributed by atoms with van der Waals surface area (Å²) in [5, 5.41) is 0. The second-order valence-corrected chi connectivity index (χ2v) is 6.47. The topological polar surface area (TPSA) is 79.9 Å². The molecular weight excluding hydrogens is 274 g/mol. The molecule has 2 N–H and O–H groups in total.